The SMILES string of the molecule is COc1ccccc1C(=O)NC(CCSC)C(=O)N1CCN(CC(=O)NC(C)C)CC1. The number of ether oxygens (including phenoxy) is 1. The molecule has 172 valence electrons. The molecule has 2 rings (SSSR count). The Morgan fingerprint density at radius 2 is 1.77 bits per heavy atom. The van der Waals surface area contributed by atoms with E-state index in [-0.39, 0.29) is 23.8 Å². The number of carbonyl (C=O) groups is 3. The van der Waals surface area contributed by atoms with Gasteiger partial charge in [0.2, 0.25) is 11.8 Å². The topological polar surface area (TPSA) is 91.0 Å². The third-order valence-corrected chi connectivity index (χ3v) is 5.71. The highest BCUT2D eigenvalue weighted by Gasteiger charge is 2.29. The van der Waals surface area contributed by atoms with Crippen LogP contribution in [-0.2, 0) is 9.59 Å². The second-order valence-electron chi connectivity index (χ2n) is 7.83. The van der Waals surface area contributed by atoms with Crippen molar-refractivity contribution in [3.05, 3.63) is 29.8 Å². The highest BCUT2D eigenvalue weighted by atomic mass is 32.2. The molecule has 1 heterocycles. The molecular formula is C22H34N4O4S. The van der Waals surface area contributed by atoms with E-state index in [0.717, 1.165) is 5.75 Å². The van der Waals surface area contributed by atoms with Crippen LogP contribution in [0.15, 0.2) is 24.3 Å². The van der Waals surface area contributed by atoms with Gasteiger partial charge in [-0.1, -0.05) is 12.1 Å². The molecule has 9 heteroatoms. The Hall–Kier alpha value is -2.26. The molecule has 1 aliphatic rings. The van der Waals surface area contributed by atoms with Crippen LogP contribution >= 0.6 is 11.8 Å². The summed E-state index contributed by atoms with van der Waals surface area (Å²) in [5.41, 5.74) is 0.410. The highest BCUT2D eigenvalue weighted by Crippen LogP contribution is 2.18. The zero-order valence-corrected chi connectivity index (χ0v) is 19.7. The van der Waals surface area contributed by atoms with Crippen LogP contribution < -0.4 is 15.4 Å². The van der Waals surface area contributed by atoms with Gasteiger partial charge in [0.1, 0.15) is 11.8 Å². The number of hydrogen-bond donors (Lipinski definition) is 2. The molecule has 8 nitrogen and oxygen atoms in total. The smallest absolute Gasteiger partial charge is 0.255 e. The number of piperazine rings is 1. The molecule has 0 aromatic heterocycles. The van der Waals surface area contributed by atoms with Gasteiger partial charge in [-0.2, -0.15) is 11.8 Å². The standard InChI is InChI=1S/C22H34N4O4S/c1-16(2)23-20(27)15-25-10-12-26(13-11-25)22(29)18(9-14-31-4)24-21(28)17-7-5-6-8-19(17)30-3/h5-8,16,18H,9-15H2,1-4H3,(H,23,27)(H,24,28). The molecule has 2 N–H and O–H groups in total. The Labute approximate surface area is 189 Å². The first-order chi connectivity index (χ1) is 14.8. The predicted molar refractivity (Wildman–Crippen MR) is 124 cm³/mol. The minimum atomic E-state index is -0.597. The summed E-state index contributed by atoms with van der Waals surface area (Å²) in [5.74, 6) is 0.836. The lowest BCUT2D eigenvalue weighted by Gasteiger charge is -2.36. The van der Waals surface area contributed by atoms with Crippen molar-refractivity contribution in [2.24, 2.45) is 0 Å². The lowest BCUT2D eigenvalue weighted by molar-refractivity contribution is -0.135. The summed E-state index contributed by atoms with van der Waals surface area (Å²) in [7, 11) is 1.52. The molecule has 1 aliphatic heterocycles. The number of para-hydroxylation sites is 1. The van der Waals surface area contributed by atoms with Gasteiger partial charge >= 0.3 is 0 Å². The van der Waals surface area contributed by atoms with Gasteiger partial charge in [-0.05, 0) is 44.4 Å². The largest absolute Gasteiger partial charge is 0.496 e. The molecule has 31 heavy (non-hydrogen) atoms. The maximum Gasteiger partial charge on any atom is 0.255 e. The number of methoxy groups -OCH3 is 1. The van der Waals surface area contributed by atoms with Crippen molar-refractivity contribution in [1.82, 2.24) is 20.4 Å². The van der Waals surface area contributed by atoms with E-state index in [2.05, 4.69) is 10.6 Å². The number of nitrogens with zero attached hydrogens (tertiary/aromatic N) is 2. The summed E-state index contributed by atoms with van der Waals surface area (Å²) < 4.78 is 5.27. The molecule has 1 aromatic carbocycles. The van der Waals surface area contributed by atoms with E-state index in [4.69, 9.17) is 4.74 Å². The van der Waals surface area contributed by atoms with E-state index in [1.807, 2.05) is 25.0 Å². The summed E-state index contributed by atoms with van der Waals surface area (Å²) in [6.07, 6.45) is 2.53. The molecule has 0 saturated carbocycles. The second kappa shape index (κ2) is 12.6. The summed E-state index contributed by atoms with van der Waals surface area (Å²) in [6.45, 7) is 6.54. The van der Waals surface area contributed by atoms with Gasteiger partial charge in [0.25, 0.3) is 5.91 Å². The van der Waals surface area contributed by atoms with Crippen LogP contribution in [0.2, 0.25) is 0 Å². The number of nitrogens with one attached hydrogen (secondary N) is 2. The quantitative estimate of drug-likeness (QED) is 0.557. The normalized spacial score (nSPS) is 15.5. The van der Waals surface area contributed by atoms with E-state index in [9.17, 15) is 14.4 Å². The minimum absolute atomic E-state index is 0.00306. The Balaban J connectivity index is 1.97. The average molecular weight is 451 g/mol. The molecular weight excluding hydrogens is 416 g/mol. The van der Waals surface area contributed by atoms with Crippen LogP contribution in [-0.4, -0.2) is 91.4 Å². The monoisotopic (exact) mass is 450 g/mol. The highest BCUT2D eigenvalue weighted by molar-refractivity contribution is 7.98. The lowest BCUT2D eigenvalue weighted by Crippen LogP contribution is -2.56. The molecule has 0 aliphatic carbocycles. The molecule has 1 saturated heterocycles. The number of thioether (sulfide) groups is 1. The van der Waals surface area contributed by atoms with Gasteiger partial charge in [0.15, 0.2) is 0 Å². The molecule has 1 aromatic rings. The number of carbonyl (C=O) groups excluding carboxylic acids is 3. The summed E-state index contributed by atoms with van der Waals surface area (Å²) in [6, 6.07) is 6.49. The molecule has 0 radical (unpaired) electrons. The zero-order valence-electron chi connectivity index (χ0n) is 18.8. The van der Waals surface area contributed by atoms with E-state index in [1.165, 1.54) is 7.11 Å². The number of amides is 3. The fourth-order valence-corrected chi connectivity index (χ4v) is 3.95. The average Bonchev–Trinajstić information content (AvgIpc) is 2.75. The molecule has 1 atom stereocenters. The number of benzene rings is 1. The first kappa shape index (κ1) is 25.0. The van der Waals surface area contributed by atoms with E-state index >= 15 is 0 Å². The minimum Gasteiger partial charge on any atom is -0.496 e. The summed E-state index contributed by atoms with van der Waals surface area (Å²) >= 11 is 1.64. The second-order valence-corrected chi connectivity index (χ2v) is 8.82. The predicted octanol–water partition coefficient (Wildman–Crippen LogP) is 1.22. The first-order valence-corrected chi connectivity index (χ1v) is 12.0. The van der Waals surface area contributed by atoms with Crippen molar-refractivity contribution in [2.45, 2.75) is 32.4 Å². The fourth-order valence-electron chi connectivity index (χ4n) is 3.48. The molecule has 0 bridgehead atoms. The van der Waals surface area contributed by atoms with Crippen molar-refractivity contribution >= 4 is 29.5 Å². The van der Waals surface area contributed by atoms with Crippen LogP contribution in [0.5, 0.6) is 5.75 Å². The Morgan fingerprint density at radius 1 is 1.10 bits per heavy atom. The van der Waals surface area contributed by atoms with Crippen LogP contribution in [0.3, 0.4) is 0 Å². The Morgan fingerprint density at radius 3 is 2.39 bits per heavy atom. The van der Waals surface area contributed by atoms with Gasteiger partial charge in [0.05, 0.1) is 19.2 Å². The third-order valence-electron chi connectivity index (χ3n) is 5.07. The van der Waals surface area contributed by atoms with E-state index in [0.29, 0.717) is 50.5 Å². The van der Waals surface area contributed by atoms with Crippen molar-refractivity contribution < 1.29 is 19.1 Å². The van der Waals surface area contributed by atoms with Crippen LogP contribution in [0.1, 0.15) is 30.6 Å². The lowest BCUT2D eigenvalue weighted by atomic mass is 10.1. The number of hydrogen-bond acceptors (Lipinski definition) is 6. The van der Waals surface area contributed by atoms with E-state index < -0.39 is 6.04 Å². The zero-order chi connectivity index (χ0) is 22.8. The molecule has 1 unspecified atom stereocenters. The first-order valence-electron chi connectivity index (χ1n) is 10.6. The van der Waals surface area contributed by atoms with Crippen LogP contribution in [0.4, 0.5) is 0 Å². The maximum absolute atomic E-state index is 13.2. The third kappa shape index (κ3) is 7.74. The Bertz CT molecular complexity index is 751. The fraction of sp³-hybridized carbons (Fsp3) is 0.591. The maximum atomic E-state index is 13.2. The van der Waals surface area contributed by atoms with Crippen LogP contribution in [0, 0.1) is 0 Å². The van der Waals surface area contributed by atoms with Gasteiger partial charge < -0.3 is 20.3 Å². The molecule has 0 spiro atoms. The van der Waals surface area contributed by atoms with Crippen molar-refractivity contribution in [2.75, 3.05) is 51.8 Å². The van der Waals surface area contributed by atoms with Crippen LogP contribution in [0.25, 0.3) is 0 Å². The van der Waals surface area contributed by atoms with E-state index in [1.54, 1.807) is 40.9 Å². The molecule has 3 amide bonds. The van der Waals surface area contributed by atoms with Crippen molar-refractivity contribution in [1.29, 1.82) is 0 Å². The van der Waals surface area contributed by atoms with Gasteiger partial charge in [-0.15, -0.1) is 0 Å². The number of rotatable bonds is 10. The summed E-state index contributed by atoms with van der Waals surface area (Å²) in [5, 5.41) is 5.79. The molecule has 1 fully saturated rings. The van der Waals surface area contributed by atoms with Gasteiger partial charge in [-0.25, -0.2) is 0 Å². The van der Waals surface area contributed by atoms with Crippen molar-refractivity contribution in [3.63, 3.8) is 0 Å². The van der Waals surface area contributed by atoms with Crippen molar-refractivity contribution in [3.8, 4) is 5.75 Å². The summed E-state index contributed by atoms with van der Waals surface area (Å²) in [4.78, 5) is 41.8. The Kier molecular flexibility index (Phi) is 10.1. The van der Waals surface area contributed by atoms with Gasteiger partial charge in [0, 0.05) is 32.2 Å². The van der Waals surface area contributed by atoms with Gasteiger partial charge in [-0.3, -0.25) is 19.3 Å².